The third-order valence-electron chi connectivity index (χ3n) is 6.15. The van der Waals surface area contributed by atoms with Gasteiger partial charge in [0, 0.05) is 31.8 Å². The molecule has 2 aromatic rings. The number of hydrazine groups is 1. The number of ketones is 1. The number of allylic oxidation sites excluding steroid dienone is 3. The van der Waals surface area contributed by atoms with E-state index in [2.05, 4.69) is 6.07 Å². The summed E-state index contributed by atoms with van der Waals surface area (Å²) in [7, 11) is 5.14. The Balaban J connectivity index is 1.91. The molecule has 0 aromatic heterocycles. The largest absolute Gasteiger partial charge is 0.504 e. The molecule has 7 nitrogen and oxygen atoms in total. The van der Waals surface area contributed by atoms with Crippen molar-refractivity contribution in [3.63, 3.8) is 0 Å². The minimum absolute atomic E-state index is 0.00856. The summed E-state index contributed by atoms with van der Waals surface area (Å²) in [5.41, 5.74) is 9.97. The van der Waals surface area contributed by atoms with Gasteiger partial charge >= 0.3 is 0 Å². The number of carbonyl (C=O) groups is 1. The van der Waals surface area contributed by atoms with Crippen LogP contribution in [0.2, 0.25) is 0 Å². The van der Waals surface area contributed by atoms with E-state index in [4.69, 9.17) is 10.5 Å². The van der Waals surface area contributed by atoms with Crippen LogP contribution in [-0.2, 0) is 4.79 Å². The van der Waals surface area contributed by atoms with Crippen molar-refractivity contribution < 1.29 is 14.6 Å². The molecule has 2 aromatic carbocycles. The van der Waals surface area contributed by atoms with Gasteiger partial charge in [-0.25, -0.2) is 5.01 Å². The van der Waals surface area contributed by atoms with E-state index in [0.717, 1.165) is 11.3 Å². The lowest BCUT2D eigenvalue weighted by atomic mass is 9.72. The molecule has 164 valence electrons. The SMILES string of the molecule is COc1cc(C2C(C#N)=C(N)N(N(C)C)C3=C2C(=O)CC(c2ccccc2)C3)ccc1O. The number of nitrogens with two attached hydrogens (primary N) is 1. The average molecular weight is 431 g/mol. The predicted molar refractivity (Wildman–Crippen MR) is 120 cm³/mol. The zero-order valence-corrected chi connectivity index (χ0v) is 18.4. The van der Waals surface area contributed by atoms with Crippen LogP contribution >= 0.6 is 0 Å². The fourth-order valence-electron chi connectivity index (χ4n) is 4.74. The highest BCUT2D eigenvalue weighted by Gasteiger charge is 2.43. The molecular formula is C25H26N4O3. The Morgan fingerprint density at radius 3 is 2.50 bits per heavy atom. The van der Waals surface area contributed by atoms with Crippen LogP contribution in [0.3, 0.4) is 0 Å². The van der Waals surface area contributed by atoms with Crippen LogP contribution in [0.5, 0.6) is 11.5 Å². The van der Waals surface area contributed by atoms with Gasteiger partial charge in [0.2, 0.25) is 0 Å². The Labute approximate surface area is 187 Å². The predicted octanol–water partition coefficient (Wildman–Crippen LogP) is 3.37. The third-order valence-corrected chi connectivity index (χ3v) is 6.15. The van der Waals surface area contributed by atoms with Crippen molar-refractivity contribution in [2.24, 2.45) is 5.73 Å². The summed E-state index contributed by atoms with van der Waals surface area (Å²) in [6.07, 6.45) is 0.975. The minimum atomic E-state index is -0.620. The average Bonchev–Trinajstić information content (AvgIpc) is 2.78. The minimum Gasteiger partial charge on any atom is -0.504 e. The second kappa shape index (κ2) is 8.40. The van der Waals surface area contributed by atoms with Gasteiger partial charge in [0.25, 0.3) is 0 Å². The van der Waals surface area contributed by atoms with Crippen LogP contribution in [-0.4, -0.2) is 42.1 Å². The highest BCUT2D eigenvalue weighted by molar-refractivity contribution is 6.00. The van der Waals surface area contributed by atoms with E-state index in [1.165, 1.54) is 13.2 Å². The Bertz CT molecular complexity index is 1160. The van der Waals surface area contributed by atoms with E-state index in [9.17, 15) is 15.2 Å². The number of phenols is 1. The fourth-order valence-corrected chi connectivity index (χ4v) is 4.74. The summed E-state index contributed by atoms with van der Waals surface area (Å²) in [6, 6.07) is 17.1. The number of phenolic OH excluding ortho intramolecular Hbond substituents is 1. The van der Waals surface area contributed by atoms with Crippen molar-refractivity contribution in [2.45, 2.75) is 24.7 Å². The van der Waals surface area contributed by atoms with Gasteiger partial charge in [-0.3, -0.25) is 9.80 Å². The third kappa shape index (κ3) is 3.49. The maximum absolute atomic E-state index is 13.6. The van der Waals surface area contributed by atoms with Crippen molar-refractivity contribution in [1.82, 2.24) is 10.0 Å². The van der Waals surface area contributed by atoms with Gasteiger partial charge in [-0.1, -0.05) is 36.4 Å². The van der Waals surface area contributed by atoms with Gasteiger partial charge in [0.15, 0.2) is 17.3 Å². The Kier molecular flexibility index (Phi) is 5.64. The van der Waals surface area contributed by atoms with Crippen LogP contribution in [0.1, 0.15) is 35.8 Å². The Morgan fingerprint density at radius 1 is 1.16 bits per heavy atom. The number of benzene rings is 2. The van der Waals surface area contributed by atoms with E-state index in [0.29, 0.717) is 35.4 Å². The molecule has 0 bridgehead atoms. The first-order valence-electron chi connectivity index (χ1n) is 10.4. The molecule has 1 heterocycles. The zero-order chi connectivity index (χ0) is 23.0. The molecule has 0 fully saturated rings. The highest BCUT2D eigenvalue weighted by Crippen LogP contribution is 2.48. The lowest BCUT2D eigenvalue weighted by Crippen LogP contribution is -2.46. The Morgan fingerprint density at radius 2 is 1.88 bits per heavy atom. The topological polar surface area (TPSA) is 103 Å². The van der Waals surface area contributed by atoms with Crippen molar-refractivity contribution in [3.8, 4) is 17.6 Å². The number of nitrogens with zero attached hydrogens (tertiary/aromatic N) is 3. The van der Waals surface area contributed by atoms with Crippen LogP contribution in [0, 0.1) is 11.3 Å². The number of aromatic hydroxyl groups is 1. The van der Waals surface area contributed by atoms with Crippen LogP contribution in [0.15, 0.2) is 71.2 Å². The van der Waals surface area contributed by atoms with Crippen molar-refractivity contribution in [1.29, 1.82) is 5.26 Å². The molecule has 2 aliphatic rings. The Hall–Kier alpha value is -3.76. The first-order valence-corrected chi connectivity index (χ1v) is 10.4. The van der Waals surface area contributed by atoms with Gasteiger partial charge in [-0.05, 0) is 35.6 Å². The molecule has 0 saturated heterocycles. The monoisotopic (exact) mass is 430 g/mol. The molecular weight excluding hydrogens is 404 g/mol. The fraction of sp³-hybridized carbons (Fsp3) is 0.280. The number of methoxy groups -OCH3 is 1. The highest BCUT2D eigenvalue weighted by atomic mass is 16.5. The van der Waals surface area contributed by atoms with Crippen molar-refractivity contribution >= 4 is 5.78 Å². The van der Waals surface area contributed by atoms with Gasteiger partial charge in [0.1, 0.15) is 5.82 Å². The summed E-state index contributed by atoms with van der Waals surface area (Å²) in [4.78, 5) is 13.6. The first-order chi connectivity index (χ1) is 15.4. The summed E-state index contributed by atoms with van der Waals surface area (Å²) in [5.74, 6) is -0.0352. The maximum Gasteiger partial charge on any atom is 0.162 e. The number of carbonyl (C=O) groups excluding carboxylic acids is 1. The first kappa shape index (κ1) is 21.5. The smallest absolute Gasteiger partial charge is 0.162 e. The normalized spacial score (nSPS) is 21.0. The lowest BCUT2D eigenvalue weighted by Gasteiger charge is -2.43. The van der Waals surface area contributed by atoms with E-state index >= 15 is 0 Å². The molecule has 32 heavy (non-hydrogen) atoms. The number of nitriles is 1. The molecule has 4 rings (SSSR count). The van der Waals surface area contributed by atoms with Crippen LogP contribution in [0.4, 0.5) is 0 Å². The molecule has 2 atom stereocenters. The molecule has 0 radical (unpaired) electrons. The van der Waals surface area contributed by atoms with E-state index in [1.54, 1.807) is 22.2 Å². The van der Waals surface area contributed by atoms with Gasteiger partial charge < -0.3 is 15.6 Å². The van der Waals surface area contributed by atoms with Crippen LogP contribution in [0.25, 0.3) is 0 Å². The molecule has 3 N–H and O–H groups in total. The molecule has 1 aliphatic carbocycles. The number of rotatable bonds is 4. The van der Waals surface area contributed by atoms with E-state index < -0.39 is 5.92 Å². The number of ether oxygens (including phenoxy) is 1. The number of Topliss-reactive ketones (excluding diaryl/α,β-unsaturated/α-hetero) is 1. The summed E-state index contributed by atoms with van der Waals surface area (Å²) >= 11 is 0. The summed E-state index contributed by atoms with van der Waals surface area (Å²) in [5, 5.41) is 23.7. The van der Waals surface area contributed by atoms with Crippen molar-refractivity contribution in [2.75, 3.05) is 21.2 Å². The molecule has 1 aliphatic heterocycles. The zero-order valence-electron chi connectivity index (χ0n) is 18.4. The van der Waals surface area contributed by atoms with Gasteiger partial charge in [0.05, 0.1) is 24.7 Å². The lowest BCUT2D eigenvalue weighted by molar-refractivity contribution is -0.117. The molecule has 0 spiro atoms. The number of hydrogen-bond acceptors (Lipinski definition) is 7. The van der Waals surface area contributed by atoms with E-state index in [-0.39, 0.29) is 23.2 Å². The van der Waals surface area contributed by atoms with E-state index in [1.807, 2.05) is 44.4 Å². The van der Waals surface area contributed by atoms with Crippen LogP contribution < -0.4 is 10.5 Å². The molecule has 0 saturated carbocycles. The molecule has 0 amide bonds. The van der Waals surface area contributed by atoms with Crippen molar-refractivity contribution in [3.05, 3.63) is 82.3 Å². The maximum atomic E-state index is 13.6. The summed E-state index contributed by atoms with van der Waals surface area (Å²) in [6.45, 7) is 0. The van der Waals surface area contributed by atoms with Gasteiger partial charge in [-0.2, -0.15) is 5.26 Å². The van der Waals surface area contributed by atoms with Gasteiger partial charge in [-0.15, -0.1) is 0 Å². The second-order valence-corrected chi connectivity index (χ2v) is 8.23. The molecule has 2 unspecified atom stereocenters. The quantitative estimate of drug-likeness (QED) is 0.767. The molecule has 7 heteroatoms. The standard InChI is InChI=1S/C25H26N4O3/c1-28(2)29-19-11-17(15-7-5-4-6-8-15)12-21(31)24(19)23(18(14-26)25(29)27)16-9-10-20(30)22(13-16)32-3/h4-10,13,17,23,30H,11-12,27H2,1-3H3. The number of hydrogen-bond donors (Lipinski definition) is 2. The summed E-state index contributed by atoms with van der Waals surface area (Å²) < 4.78 is 5.27. The second-order valence-electron chi connectivity index (χ2n) is 8.23.